The summed E-state index contributed by atoms with van der Waals surface area (Å²) in [5, 5.41) is 10.6. The molecule has 0 aromatic rings. The molecule has 2 aliphatic carbocycles. The van der Waals surface area contributed by atoms with Crippen molar-refractivity contribution >= 4 is 8.07 Å². The lowest BCUT2D eigenvalue weighted by Gasteiger charge is -2.50. The van der Waals surface area contributed by atoms with Gasteiger partial charge in [0, 0.05) is 0 Å². The quantitative estimate of drug-likeness (QED) is 0.549. The molecule has 0 aromatic carbocycles. The molecule has 1 nitrogen and oxygen atoms in total. The highest BCUT2D eigenvalue weighted by Gasteiger charge is 2.48. The van der Waals surface area contributed by atoms with Gasteiger partial charge in [-0.05, 0) is 43.4 Å². The van der Waals surface area contributed by atoms with Crippen molar-refractivity contribution in [2.45, 2.75) is 70.8 Å². The van der Waals surface area contributed by atoms with Crippen molar-refractivity contribution in [2.24, 2.45) is 11.3 Å². The molecular weight excluding hydrogens is 224 g/mol. The van der Waals surface area contributed by atoms with E-state index in [1.807, 2.05) is 0 Å². The summed E-state index contributed by atoms with van der Waals surface area (Å²) < 4.78 is 0. The molecule has 0 spiro atoms. The fourth-order valence-electron chi connectivity index (χ4n) is 3.67. The maximum atomic E-state index is 10.9. The van der Waals surface area contributed by atoms with Crippen LogP contribution in [0.3, 0.4) is 0 Å². The van der Waals surface area contributed by atoms with Gasteiger partial charge in [0.05, 0.1) is 13.3 Å². The van der Waals surface area contributed by atoms with Crippen LogP contribution in [-0.2, 0) is 0 Å². The number of aliphatic hydroxyl groups is 1. The molecule has 2 atom stereocenters. The van der Waals surface area contributed by atoms with E-state index in [0.29, 0.717) is 5.41 Å². The molecule has 0 bridgehead atoms. The second-order valence-corrected chi connectivity index (χ2v) is 13.3. The van der Waals surface area contributed by atoms with E-state index in [0.717, 1.165) is 18.8 Å². The molecule has 17 heavy (non-hydrogen) atoms. The van der Waals surface area contributed by atoms with Crippen LogP contribution in [0, 0.1) is 11.3 Å². The predicted molar refractivity (Wildman–Crippen MR) is 76.7 cm³/mol. The Kier molecular flexibility index (Phi) is 3.11. The summed E-state index contributed by atoms with van der Waals surface area (Å²) in [4.78, 5) is 0. The standard InChI is InChI=1S/C15H28OSi/c1-14(2)9-6-7-12-11-15(16,17(3,4)5)10-8-13(12)14/h7,13,16H,6,8-11H2,1-5H3. The molecule has 0 heterocycles. The minimum atomic E-state index is -1.49. The Balaban J connectivity index is 2.24. The monoisotopic (exact) mass is 252 g/mol. The van der Waals surface area contributed by atoms with Crippen LogP contribution in [0.25, 0.3) is 0 Å². The lowest BCUT2D eigenvalue weighted by Crippen LogP contribution is -2.55. The Hall–Kier alpha value is -0.0831. The van der Waals surface area contributed by atoms with Gasteiger partial charge in [0.15, 0.2) is 0 Å². The predicted octanol–water partition coefficient (Wildman–Crippen LogP) is 4.14. The highest BCUT2D eigenvalue weighted by Crippen LogP contribution is 2.51. The lowest BCUT2D eigenvalue weighted by molar-refractivity contribution is 0.0528. The van der Waals surface area contributed by atoms with Gasteiger partial charge in [-0.15, -0.1) is 0 Å². The Labute approximate surface area is 107 Å². The molecule has 2 heteroatoms. The molecule has 0 saturated heterocycles. The SMILES string of the molecule is CC1(C)CCC=C2CC(O)([Si](C)(C)C)CCC21. The number of fused-ring (bicyclic) bond motifs is 1. The summed E-state index contributed by atoms with van der Waals surface area (Å²) >= 11 is 0. The summed E-state index contributed by atoms with van der Waals surface area (Å²) in [5.41, 5.74) is 2.02. The Morgan fingerprint density at radius 2 is 1.88 bits per heavy atom. The highest BCUT2D eigenvalue weighted by molar-refractivity contribution is 6.78. The first-order chi connectivity index (χ1) is 7.66. The summed E-state index contributed by atoms with van der Waals surface area (Å²) in [6.07, 6.45) is 8.12. The van der Waals surface area contributed by atoms with Gasteiger partial charge in [0.1, 0.15) is 0 Å². The average Bonchev–Trinajstić information content (AvgIpc) is 2.14. The second-order valence-electron chi connectivity index (χ2n) is 7.86. The van der Waals surface area contributed by atoms with E-state index in [1.165, 1.54) is 19.3 Å². The number of hydrogen-bond donors (Lipinski definition) is 1. The maximum absolute atomic E-state index is 10.9. The molecule has 2 rings (SSSR count). The van der Waals surface area contributed by atoms with Crippen LogP contribution < -0.4 is 0 Å². The van der Waals surface area contributed by atoms with Crippen molar-refractivity contribution in [3.8, 4) is 0 Å². The van der Waals surface area contributed by atoms with E-state index in [1.54, 1.807) is 5.57 Å². The summed E-state index contributed by atoms with van der Waals surface area (Å²) in [7, 11) is -1.49. The fourth-order valence-corrected chi connectivity index (χ4v) is 5.30. The Bertz CT molecular complexity index is 337. The zero-order valence-electron chi connectivity index (χ0n) is 12.1. The van der Waals surface area contributed by atoms with E-state index in [2.05, 4.69) is 39.6 Å². The van der Waals surface area contributed by atoms with Crippen molar-refractivity contribution in [1.29, 1.82) is 0 Å². The summed E-state index contributed by atoms with van der Waals surface area (Å²) in [5.74, 6) is 0.730. The maximum Gasteiger partial charge on any atom is 0.0824 e. The van der Waals surface area contributed by atoms with Gasteiger partial charge in [0.2, 0.25) is 0 Å². The van der Waals surface area contributed by atoms with Gasteiger partial charge in [0.25, 0.3) is 0 Å². The minimum Gasteiger partial charge on any atom is -0.393 e. The number of hydrogen-bond acceptors (Lipinski definition) is 1. The first-order valence-corrected chi connectivity index (χ1v) is 10.6. The zero-order chi connectivity index (χ0) is 12.9. The molecule has 0 aliphatic heterocycles. The molecule has 2 aliphatic rings. The van der Waals surface area contributed by atoms with Crippen molar-refractivity contribution in [3.63, 3.8) is 0 Å². The van der Waals surface area contributed by atoms with Crippen LogP contribution in [0.4, 0.5) is 0 Å². The molecule has 0 amide bonds. The number of allylic oxidation sites excluding steroid dienone is 1. The zero-order valence-corrected chi connectivity index (χ0v) is 13.1. The third-order valence-corrected chi connectivity index (χ3v) is 8.54. The van der Waals surface area contributed by atoms with Gasteiger partial charge >= 0.3 is 0 Å². The third kappa shape index (κ3) is 2.26. The molecular formula is C15H28OSi. The van der Waals surface area contributed by atoms with Gasteiger partial charge < -0.3 is 5.11 Å². The van der Waals surface area contributed by atoms with Gasteiger partial charge in [-0.1, -0.05) is 45.1 Å². The Morgan fingerprint density at radius 3 is 2.47 bits per heavy atom. The van der Waals surface area contributed by atoms with E-state index in [4.69, 9.17) is 0 Å². The average molecular weight is 252 g/mol. The minimum absolute atomic E-state index is 0.358. The van der Waals surface area contributed by atoms with E-state index >= 15 is 0 Å². The van der Waals surface area contributed by atoms with Crippen molar-refractivity contribution < 1.29 is 5.11 Å². The van der Waals surface area contributed by atoms with Crippen LogP contribution in [-0.4, -0.2) is 18.4 Å². The molecule has 98 valence electrons. The fraction of sp³-hybridized carbons (Fsp3) is 0.867. The van der Waals surface area contributed by atoms with Crippen LogP contribution in [0.15, 0.2) is 11.6 Å². The molecule has 2 unspecified atom stereocenters. The van der Waals surface area contributed by atoms with Gasteiger partial charge in [-0.25, -0.2) is 0 Å². The van der Waals surface area contributed by atoms with Crippen molar-refractivity contribution in [1.82, 2.24) is 0 Å². The summed E-state index contributed by atoms with van der Waals surface area (Å²) in [6, 6.07) is 0. The Morgan fingerprint density at radius 1 is 1.24 bits per heavy atom. The topological polar surface area (TPSA) is 20.2 Å². The van der Waals surface area contributed by atoms with Crippen LogP contribution in [0.2, 0.25) is 19.6 Å². The largest absolute Gasteiger partial charge is 0.393 e. The van der Waals surface area contributed by atoms with E-state index in [-0.39, 0.29) is 5.22 Å². The van der Waals surface area contributed by atoms with Crippen LogP contribution in [0.5, 0.6) is 0 Å². The normalized spacial score (nSPS) is 37.3. The summed E-state index contributed by atoms with van der Waals surface area (Å²) in [6.45, 7) is 11.7. The first-order valence-electron chi connectivity index (χ1n) is 7.07. The van der Waals surface area contributed by atoms with Crippen molar-refractivity contribution in [3.05, 3.63) is 11.6 Å². The number of rotatable bonds is 1. The molecule has 1 fully saturated rings. The molecule has 1 saturated carbocycles. The van der Waals surface area contributed by atoms with Gasteiger partial charge in [-0.3, -0.25) is 0 Å². The molecule has 1 N–H and O–H groups in total. The van der Waals surface area contributed by atoms with E-state index in [9.17, 15) is 5.11 Å². The second kappa shape index (κ2) is 3.96. The molecule has 0 radical (unpaired) electrons. The van der Waals surface area contributed by atoms with Crippen molar-refractivity contribution in [2.75, 3.05) is 0 Å². The lowest BCUT2D eigenvalue weighted by atomic mass is 9.63. The first kappa shape index (κ1) is 13.4. The van der Waals surface area contributed by atoms with Crippen LogP contribution in [0.1, 0.15) is 46.0 Å². The smallest absolute Gasteiger partial charge is 0.0824 e. The van der Waals surface area contributed by atoms with Crippen LogP contribution >= 0.6 is 0 Å². The molecule has 0 aromatic heterocycles. The highest BCUT2D eigenvalue weighted by atomic mass is 28.3. The van der Waals surface area contributed by atoms with Gasteiger partial charge in [-0.2, -0.15) is 0 Å². The van der Waals surface area contributed by atoms with E-state index < -0.39 is 8.07 Å². The third-order valence-electron chi connectivity index (χ3n) is 5.33.